The minimum Gasteiger partial charge on any atom is -0.353 e. The minimum atomic E-state index is 0.0359. The Morgan fingerprint density at radius 1 is 1.29 bits per heavy atom. The zero-order valence-electron chi connectivity index (χ0n) is 11.0. The summed E-state index contributed by atoms with van der Waals surface area (Å²) in [5, 5.41) is 0. The van der Waals surface area contributed by atoms with Gasteiger partial charge in [0.05, 0.1) is 6.10 Å². The third-order valence-electron chi connectivity index (χ3n) is 3.20. The van der Waals surface area contributed by atoms with Crippen molar-refractivity contribution < 1.29 is 14.3 Å². The molecule has 17 heavy (non-hydrogen) atoms. The molecule has 0 aromatic carbocycles. The lowest BCUT2D eigenvalue weighted by Gasteiger charge is -2.26. The van der Waals surface area contributed by atoms with Crippen LogP contribution in [0.4, 0.5) is 0 Å². The van der Waals surface area contributed by atoms with Crippen LogP contribution in [0.25, 0.3) is 0 Å². The third kappa shape index (κ3) is 7.50. The highest BCUT2D eigenvalue weighted by Crippen LogP contribution is 2.17. The van der Waals surface area contributed by atoms with Gasteiger partial charge in [0.1, 0.15) is 6.29 Å². The van der Waals surface area contributed by atoms with Crippen LogP contribution >= 0.6 is 0 Å². The maximum absolute atomic E-state index is 10.1. The molecule has 0 N–H and O–H groups in total. The molecule has 1 aliphatic heterocycles. The van der Waals surface area contributed by atoms with Crippen molar-refractivity contribution in [2.45, 2.75) is 77.1 Å². The van der Waals surface area contributed by atoms with Crippen molar-refractivity contribution in [2.24, 2.45) is 0 Å². The fraction of sp³-hybridized carbons (Fsp3) is 0.929. The van der Waals surface area contributed by atoms with E-state index in [1.54, 1.807) is 0 Å². The molecular formula is C14H26O3. The molecule has 2 unspecified atom stereocenters. The fourth-order valence-electron chi connectivity index (χ4n) is 2.16. The Morgan fingerprint density at radius 2 is 2.12 bits per heavy atom. The summed E-state index contributed by atoms with van der Waals surface area (Å²) in [5.74, 6) is 0. The molecule has 1 aliphatic rings. The fourth-order valence-corrected chi connectivity index (χ4v) is 2.16. The predicted octanol–water partition coefficient (Wildman–Crippen LogP) is 3.46. The maximum atomic E-state index is 10.1. The third-order valence-corrected chi connectivity index (χ3v) is 3.20. The van der Waals surface area contributed by atoms with Gasteiger partial charge in [-0.2, -0.15) is 0 Å². The molecule has 0 spiro atoms. The van der Waals surface area contributed by atoms with Crippen LogP contribution in [0, 0.1) is 0 Å². The van der Waals surface area contributed by atoms with Crippen LogP contribution in [0.5, 0.6) is 0 Å². The lowest BCUT2D eigenvalue weighted by molar-refractivity contribution is -0.185. The first-order valence-electron chi connectivity index (χ1n) is 7.03. The second-order valence-electron chi connectivity index (χ2n) is 4.90. The van der Waals surface area contributed by atoms with Crippen LogP contribution in [-0.2, 0) is 14.3 Å². The van der Waals surface area contributed by atoms with Gasteiger partial charge in [-0.05, 0) is 39.0 Å². The molecule has 3 nitrogen and oxygen atoms in total. The second-order valence-corrected chi connectivity index (χ2v) is 4.90. The average Bonchev–Trinajstić information content (AvgIpc) is 2.35. The number of carbonyl (C=O) groups excluding carboxylic acids is 1. The number of unbranched alkanes of at least 4 members (excludes halogenated alkanes) is 4. The molecule has 1 fully saturated rings. The van der Waals surface area contributed by atoms with Crippen molar-refractivity contribution in [1.82, 2.24) is 0 Å². The van der Waals surface area contributed by atoms with Crippen LogP contribution in [-0.4, -0.2) is 25.3 Å². The lowest BCUT2D eigenvalue weighted by Crippen LogP contribution is -2.26. The van der Waals surface area contributed by atoms with Crippen molar-refractivity contribution in [3.63, 3.8) is 0 Å². The molecule has 0 amide bonds. The molecule has 0 aromatic heterocycles. The maximum Gasteiger partial charge on any atom is 0.157 e. The predicted molar refractivity (Wildman–Crippen MR) is 67.9 cm³/mol. The van der Waals surface area contributed by atoms with E-state index >= 15 is 0 Å². The largest absolute Gasteiger partial charge is 0.353 e. The van der Waals surface area contributed by atoms with Gasteiger partial charge in [0, 0.05) is 13.0 Å². The summed E-state index contributed by atoms with van der Waals surface area (Å²) < 4.78 is 11.4. The zero-order valence-corrected chi connectivity index (χ0v) is 11.0. The van der Waals surface area contributed by atoms with Crippen molar-refractivity contribution in [1.29, 1.82) is 0 Å². The van der Waals surface area contributed by atoms with Crippen molar-refractivity contribution >= 4 is 6.29 Å². The monoisotopic (exact) mass is 242 g/mol. The smallest absolute Gasteiger partial charge is 0.157 e. The Kier molecular flexibility index (Phi) is 8.28. The Balaban J connectivity index is 1.93. The van der Waals surface area contributed by atoms with Gasteiger partial charge >= 0.3 is 0 Å². The second kappa shape index (κ2) is 9.60. The van der Waals surface area contributed by atoms with Gasteiger partial charge in [-0.3, -0.25) is 0 Å². The normalized spacial score (nSPS) is 22.3. The Labute approximate surface area is 105 Å². The summed E-state index contributed by atoms with van der Waals surface area (Å²) in [6.45, 7) is 2.98. The van der Waals surface area contributed by atoms with Crippen LogP contribution in [0.3, 0.4) is 0 Å². The summed E-state index contributed by atoms with van der Waals surface area (Å²) in [7, 11) is 0. The summed E-state index contributed by atoms with van der Waals surface area (Å²) >= 11 is 0. The molecule has 0 radical (unpaired) electrons. The van der Waals surface area contributed by atoms with E-state index < -0.39 is 0 Å². The van der Waals surface area contributed by atoms with Crippen LogP contribution in [0.2, 0.25) is 0 Å². The van der Waals surface area contributed by atoms with E-state index in [4.69, 9.17) is 9.47 Å². The quantitative estimate of drug-likeness (QED) is 0.459. The number of aldehydes is 1. The number of carbonyl (C=O) groups is 1. The van der Waals surface area contributed by atoms with E-state index in [0.29, 0.717) is 12.5 Å². The first-order chi connectivity index (χ1) is 8.33. The Morgan fingerprint density at radius 3 is 2.82 bits per heavy atom. The Bertz CT molecular complexity index is 188. The van der Waals surface area contributed by atoms with Crippen molar-refractivity contribution in [2.75, 3.05) is 6.61 Å². The molecular weight excluding hydrogens is 216 g/mol. The topological polar surface area (TPSA) is 35.5 Å². The molecule has 3 heteroatoms. The van der Waals surface area contributed by atoms with Crippen LogP contribution in [0.15, 0.2) is 0 Å². The minimum absolute atomic E-state index is 0.0359. The number of rotatable bonds is 9. The van der Waals surface area contributed by atoms with Gasteiger partial charge in [0.25, 0.3) is 0 Å². The van der Waals surface area contributed by atoms with Gasteiger partial charge < -0.3 is 14.3 Å². The van der Waals surface area contributed by atoms with E-state index in [-0.39, 0.29) is 6.29 Å². The average molecular weight is 242 g/mol. The summed E-state index contributed by atoms with van der Waals surface area (Å²) in [6, 6.07) is 0. The summed E-state index contributed by atoms with van der Waals surface area (Å²) in [5.41, 5.74) is 0. The molecule has 1 heterocycles. The lowest BCUT2D eigenvalue weighted by atomic mass is 10.1. The molecule has 100 valence electrons. The van der Waals surface area contributed by atoms with Crippen LogP contribution < -0.4 is 0 Å². The highest BCUT2D eigenvalue weighted by molar-refractivity contribution is 5.48. The van der Waals surface area contributed by atoms with E-state index in [1.807, 2.05) is 0 Å². The molecule has 2 atom stereocenters. The van der Waals surface area contributed by atoms with E-state index in [0.717, 1.165) is 38.6 Å². The molecule has 0 bridgehead atoms. The standard InChI is InChI=1S/C14H26O3/c1-13(9-5-3-2-4-7-11-15)17-14-10-6-8-12-16-14/h11,13-14H,2-10,12H2,1H3. The highest BCUT2D eigenvalue weighted by Gasteiger charge is 2.16. The van der Waals surface area contributed by atoms with Crippen LogP contribution in [0.1, 0.15) is 64.7 Å². The molecule has 0 aromatic rings. The SMILES string of the molecule is CC(CCCCCCC=O)OC1CCCCO1. The van der Waals surface area contributed by atoms with E-state index in [9.17, 15) is 4.79 Å². The molecule has 1 saturated heterocycles. The highest BCUT2D eigenvalue weighted by atomic mass is 16.7. The van der Waals surface area contributed by atoms with Gasteiger partial charge in [-0.25, -0.2) is 0 Å². The van der Waals surface area contributed by atoms with E-state index in [1.165, 1.54) is 25.7 Å². The van der Waals surface area contributed by atoms with E-state index in [2.05, 4.69) is 6.92 Å². The number of hydrogen-bond acceptors (Lipinski definition) is 3. The van der Waals surface area contributed by atoms with Gasteiger partial charge in [-0.15, -0.1) is 0 Å². The molecule has 0 saturated carbocycles. The summed E-state index contributed by atoms with van der Waals surface area (Å²) in [4.78, 5) is 10.1. The molecule has 0 aliphatic carbocycles. The van der Waals surface area contributed by atoms with Gasteiger partial charge in [-0.1, -0.05) is 19.3 Å². The van der Waals surface area contributed by atoms with Gasteiger partial charge in [0.2, 0.25) is 0 Å². The summed E-state index contributed by atoms with van der Waals surface area (Å²) in [6.07, 6.45) is 11.2. The van der Waals surface area contributed by atoms with Crippen molar-refractivity contribution in [3.8, 4) is 0 Å². The Hall–Kier alpha value is -0.410. The number of hydrogen-bond donors (Lipinski definition) is 0. The zero-order chi connectivity index (χ0) is 12.3. The van der Waals surface area contributed by atoms with Crippen molar-refractivity contribution in [3.05, 3.63) is 0 Å². The number of ether oxygens (including phenoxy) is 2. The van der Waals surface area contributed by atoms with Gasteiger partial charge in [0.15, 0.2) is 6.29 Å². The molecule has 1 rings (SSSR count). The first kappa shape index (κ1) is 14.7. The first-order valence-corrected chi connectivity index (χ1v) is 7.03.